The summed E-state index contributed by atoms with van der Waals surface area (Å²) in [5, 5.41) is 11.0. The van der Waals surface area contributed by atoms with Crippen LogP contribution in [0.5, 0.6) is 0 Å². The number of fused-ring (bicyclic) bond motifs is 4. The zero-order valence-electron chi connectivity index (χ0n) is 73.6. The van der Waals surface area contributed by atoms with E-state index in [4.69, 9.17) is 66.6 Å². The molecule has 4 saturated heterocycles. The first-order chi connectivity index (χ1) is 61.8. The Hall–Kier alpha value is -12.9. The third kappa shape index (κ3) is 21.1. The van der Waals surface area contributed by atoms with Crippen molar-refractivity contribution >= 4 is 93.4 Å². The number of methoxy groups -OCH3 is 2. The highest BCUT2D eigenvalue weighted by Gasteiger charge is 2.34. The number of halogens is 6. The maximum Gasteiger partial charge on any atom is 0.409 e. The zero-order valence-corrected chi connectivity index (χ0v) is 75.1. The number of morpholine rings is 4. The molecule has 4 aliphatic rings. The Bertz CT molecular complexity index is 6130. The number of benzene rings is 4. The minimum Gasteiger partial charge on any atom is -0.453 e. The van der Waals surface area contributed by atoms with Crippen LogP contribution in [-0.2, 0) is 63.7 Å². The van der Waals surface area contributed by atoms with Crippen LogP contribution in [-0.4, -0.2) is 250 Å². The summed E-state index contributed by atoms with van der Waals surface area (Å²) in [5.41, 5.74) is 14.9. The molecule has 0 saturated carbocycles. The van der Waals surface area contributed by atoms with Gasteiger partial charge >= 0.3 is 12.2 Å². The SMILES string of the molecule is CNC(=O)c1cc(C)c(-c2nc3cc(C)ccn3c2C[C@H]2CN(C(=O)OC)CCO2)cc1F.CNC(=O)c1cc(C)c(-c2nc3cc(Cl)ccn3c2C[C@H]2CN(C(=O)OC)CCO2)cc1F.CNC(=O)c1cc(F)c(-c2nc3cc(C)ccn3c2C[C@H]2CN(C(C)=O)CCO2)cc1F.CNC(=O)c1ccc(-c2nc3cc(Cl)ccn3c2C[C@H]2CN(C(C)=O)CCO2)c(C)c1. The smallest absolute Gasteiger partial charge is 0.409 e. The number of carbonyl (C=O) groups is 8. The lowest BCUT2D eigenvalue weighted by Crippen LogP contribution is -2.46. The van der Waals surface area contributed by atoms with Crippen molar-refractivity contribution in [2.24, 2.45) is 0 Å². The first-order valence-corrected chi connectivity index (χ1v) is 42.6. The molecule has 0 spiro atoms. The maximum absolute atomic E-state index is 15.1. The molecule has 4 N–H and O–H groups in total. The highest BCUT2D eigenvalue weighted by molar-refractivity contribution is 6.31. The van der Waals surface area contributed by atoms with Gasteiger partial charge in [0.15, 0.2) is 0 Å². The average Bonchev–Trinajstić information content (AvgIpc) is 1.65. The Morgan fingerprint density at radius 1 is 0.380 bits per heavy atom. The number of rotatable bonds is 16. The predicted molar refractivity (Wildman–Crippen MR) is 476 cm³/mol. The molecule has 678 valence electrons. The number of ether oxygens (including phenoxy) is 6. The molecule has 8 amide bonds. The van der Waals surface area contributed by atoms with E-state index in [2.05, 4.69) is 26.3 Å². The number of amides is 8. The summed E-state index contributed by atoms with van der Waals surface area (Å²) in [7, 11) is 8.59. The van der Waals surface area contributed by atoms with Gasteiger partial charge in [-0.05, 0) is 147 Å². The highest BCUT2D eigenvalue weighted by atomic mass is 35.5. The summed E-state index contributed by atoms with van der Waals surface area (Å²) in [4.78, 5) is 121. The summed E-state index contributed by atoms with van der Waals surface area (Å²) < 4.78 is 101. The second-order valence-corrected chi connectivity index (χ2v) is 32.5. The molecule has 8 aromatic heterocycles. The van der Waals surface area contributed by atoms with Gasteiger partial charge in [-0.15, -0.1) is 0 Å². The van der Waals surface area contributed by atoms with Crippen molar-refractivity contribution in [1.29, 1.82) is 0 Å². The van der Waals surface area contributed by atoms with E-state index in [9.17, 15) is 51.5 Å². The third-order valence-corrected chi connectivity index (χ3v) is 23.4. The van der Waals surface area contributed by atoms with E-state index in [0.717, 1.165) is 74.0 Å². The minimum atomic E-state index is -0.836. The lowest BCUT2D eigenvalue weighted by molar-refractivity contribution is -0.136. The van der Waals surface area contributed by atoms with Gasteiger partial charge in [0, 0.05) is 182 Å². The van der Waals surface area contributed by atoms with Crippen LogP contribution in [0.1, 0.15) is 106 Å². The molecule has 129 heavy (non-hydrogen) atoms. The Morgan fingerprint density at radius 2 is 0.690 bits per heavy atom. The molecule has 0 bridgehead atoms. The van der Waals surface area contributed by atoms with Crippen LogP contribution >= 0.6 is 23.2 Å². The highest BCUT2D eigenvalue weighted by Crippen LogP contribution is 2.38. The normalized spacial score (nSPS) is 16.3. The van der Waals surface area contributed by atoms with Crippen LogP contribution in [0.15, 0.2) is 128 Å². The molecule has 16 rings (SSSR count). The molecular formula is C93H100Cl2F4N16O14. The number of imidazole rings is 4. The summed E-state index contributed by atoms with van der Waals surface area (Å²) >= 11 is 12.4. The second-order valence-electron chi connectivity index (χ2n) is 31.6. The van der Waals surface area contributed by atoms with Gasteiger partial charge in [0.25, 0.3) is 23.6 Å². The first-order valence-electron chi connectivity index (χ1n) is 41.8. The standard InChI is InChI=1S/C24H27FN4O4.C23H24ClFN4O4.C23H25ClN4O3.C23H24F2N4O3/c1-14-5-6-29-20(11-16-13-28(7-8-33-16)24(31)32-4)22(27-21(29)9-14)17-12-19(25)18(10-15(17)2)23(30)26-3;1-13-8-17(22(30)26-2)18(25)11-16(13)21-19(29-5-4-14(24)9-20(29)27-21)10-15-12-28(6-7-33-15)23(31)32-3;1-14-10-16(23(30)25-3)4-5-19(14)22-20(28-7-6-17(24)11-21(28)26-22)12-18-13-27(15(2)29)8-9-31-18;1-13-4-5-29-20(9-15-12-28(14(2)30)6-7-32-15)22(27-21(29)8-13)16-10-19(25)17(11-18(16)24)23(31)26-3/h5-6,9-10,12,16H,7-8,11,13H2,1-4H3,(H,26,30);4-5,8-9,11,15H,6-7,10,12H2,1-3H3,(H,26,30);4-7,10-11,18H,8-9,12-13H2,1-3H3,(H,25,30);4-5,8,10-11,15H,6-7,9,12H2,1-3H3,(H,26,31)/t16-;15-;18-;15-/m0000/s1. The number of carbonyl (C=O) groups excluding carboxylic acids is 8. The largest absolute Gasteiger partial charge is 0.453 e. The third-order valence-electron chi connectivity index (χ3n) is 23.0. The average molecular weight is 1810 g/mol. The molecule has 30 nitrogen and oxygen atoms in total. The van der Waals surface area contributed by atoms with Gasteiger partial charge in [0.05, 0.1) is 140 Å². The van der Waals surface area contributed by atoms with E-state index in [1.54, 1.807) is 66.1 Å². The number of hydrogen-bond donors (Lipinski definition) is 4. The quantitative estimate of drug-likeness (QED) is 0.0653. The van der Waals surface area contributed by atoms with Crippen molar-refractivity contribution in [3.05, 3.63) is 234 Å². The van der Waals surface area contributed by atoms with Crippen molar-refractivity contribution in [2.45, 2.75) is 98.6 Å². The van der Waals surface area contributed by atoms with Gasteiger partial charge in [0.2, 0.25) is 11.8 Å². The lowest BCUT2D eigenvalue weighted by Gasteiger charge is -2.32. The molecule has 12 aromatic rings. The Labute approximate surface area is 751 Å². The molecule has 4 atom stereocenters. The van der Waals surface area contributed by atoms with Crippen molar-refractivity contribution < 1.29 is 84.3 Å². The molecular weight excluding hydrogens is 1710 g/mol. The van der Waals surface area contributed by atoms with E-state index in [1.807, 2.05) is 117 Å². The fourth-order valence-electron chi connectivity index (χ4n) is 16.3. The van der Waals surface area contributed by atoms with E-state index in [0.29, 0.717) is 165 Å². The fraction of sp³-hybridized carbons (Fsp3) is 0.355. The van der Waals surface area contributed by atoms with Gasteiger partial charge in [-0.25, -0.2) is 47.1 Å². The van der Waals surface area contributed by atoms with E-state index in [1.165, 1.54) is 60.5 Å². The molecule has 36 heteroatoms. The number of nitrogens with one attached hydrogen (secondary N) is 4. The lowest BCUT2D eigenvalue weighted by atomic mass is 9.98. The topological polar surface area (TPSA) is 322 Å². The van der Waals surface area contributed by atoms with Crippen LogP contribution in [0.3, 0.4) is 0 Å². The van der Waals surface area contributed by atoms with Crippen LogP contribution in [0.2, 0.25) is 10.0 Å². The van der Waals surface area contributed by atoms with E-state index in [-0.39, 0.29) is 76.2 Å². The van der Waals surface area contributed by atoms with Crippen molar-refractivity contribution in [1.82, 2.24) is 78.4 Å². The van der Waals surface area contributed by atoms with Crippen molar-refractivity contribution in [3.8, 4) is 45.0 Å². The predicted octanol–water partition coefficient (Wildman–Crippen LogP) is 12.4. The van der Waals surface area contributed by atoms with E-state index < -0.39 is 47.1 Å². The number of pyridine rings is 4. The Morgan fingerprint density at radius 3 is 1.04 bits per heavy atom. The monoisotopic (exact) mass is 1810 g/mol. The van der Waals surface area contributed by atoms with Crippen LogP contribution < -0.4 is 21.3 Å². The number of hydrogen-bond acceptors (Lipinski definition) is 18. The molecule has 0 radical (unpaired) electrons. The summed E-state index contributed by atoms with van der Waals surface area (Å²) in [6, 6.07) is 28.0. The molecule has 4 aliphatic heterocycles. The minimum absolute atomic E-state index is 0.00996. The van der Waals surface area contributed by atoms with Crippen LogP contribution in [0.25, 0.3) is 67.6 Å². The van der Waals surface area contributed by atoms with E-state index >= 15 is 4.39 Å². The van der Waals surface area contributed by atoms with Gasteiger partial charge in [0.1, 0.15) is 45.9 Å². The Kier molecular flexibility index (Phi) is 29.8. The second kappa shape index (κ2) is 41.1. The fourth-order valence-corrected chi connectivity index (χ4v) is 16.6. The zero-order chi connectivity index (χ0) is 92.5. The Balaban J connectivity index is 0.000000147. The first kappa shape index (κ1) is 93.8. The number of aryl methyl sites for hydroxylation is 5. The van der Waals surface area contributed by atoms with Gasteiger partial charge < -0.3 is 86.9 Å². The van der Waals surface area contributed by atoms with Gasteiger partial charge in [-0.3, -0.25) is 28.8 Å². The summed E-state index contributed by atoms with van der Waals surface area (Å²) in [5.74, 6) is -4.63. The molecule has 0 unspecified atom stereocenters. The number of nitrogens with zero attached hydrogens (tertiary/aromatic N) is 12. The molecule has 4 fully saturated rings. The summed E-state index contributed by atoms with van der Waals surface area (Å²) in [6.45, 7) is 18.0. The van der Waals surface area contributed by atoms with Crippen LogP contribution in [0, 0.1) is 57.9 Å². The van der Waals surface area contributed by atoms with Crippen molar-refractivity contribution in [3.63, 3.8) is 0 Å². The van der Waals surface area contributed by atoms with Gasteiger partial charge in [-0.2, -0.15) is 0 Å². The maximum atomic E-state index is 15.1. The summed E-state index contributed by atoms with van der Waals surface area (Å²) in [6.07, 6.45) is 7.49. The van der Waals surface area contributed by atoms with Crippen LogP contribution in [0.4, 0.5) is 27.2 Å². The molecule has 12 heterocycles. The van der Waals surface area contributed by atoms with Gasteiger partial charge in [-0.1, -0.05) is 29.3 Å². The molecule has 0 aliphatic carbocycles. The van der Waals surface area contributed by atoms with Crippen molar-refractivity contribution in [2.75, 3.05) is 121 Å². The molecule has 4 aromatic carbocycles. The number of aromatic nitrogens is 8.